The molecule has 4 aliphatic heterocycles. The van der Waals surface area contributed by atoms with Crippen LogP contribution in [0.5, 0.6) is 23.0 Å². The first kappa shape index (κ1) is 46.5. The second-order valence-electron chi connectivity index (χ2n) is 24.4. The summed E-state index contributed by atoms with van der Waals surface area (Å²) in [6, 6.07) is 11.7. The maximum atomic E-state index is 13.7. The molecule has 14 atom stereocenters. The molecule has 388 valence electrons. The molecule has 4 aromatic rings. The van der Waals surface area contributed by atoms with Gasteiger partial charge < -0.3 is 54.1 Å². The third-order valence-corrected chi connectivity index (χ3v) is 20.9. The Morgan fingerprint density at radius 3 is 1.68 bits per heavy atom. The Balaban J connectivity index is 0.000000116. The fraction of sp³-hybridized carbons (Fsp3) is 0.621. The van der Waals surface area contributed by atoms with Crippen LogP contribution in [0.1, 0.15) is 122 Å². The SMILES string of the molecule is CN(C(=O)C1CC1c1ccoc1)[C@@H]1CC[C@@]2(O)[C@H]3Cc4ccc(O)c5c4[C@@]2(CCN3CC2CC2)[C@H]1O5.CN[C@@H]1CC[C@@]2(O)[C@H]3Cc4ccc(O)c5c4[C@@]2(CCN3CC2CC2)[C@H]1O5.O=C(O)C1CC1c1ccoc1. The van der Waals surface area contributed by atoms with Crippen molar-refractivity contribution in [2.45, 2.75) is 160 Å². The van der Waals surface area contributed by atoms with Gasteiger partial charge in [0.2, 0.25) is 5.91 Å². The van der Waals surface area contributed by atoms with Crippen LogP contribution in [0.3, 0.4) is 0 Å². The van der Waals surface area contributed by atoms with E-state index in [1.165, 1.54) is 36.8 Å². The number of piperidine rings is 2. The number of carbonyl (C=O) groups is 2. The zero-order chi connectivity index (χ0) is 49.9. The first-order chi connectivity index (χ1) is 35.3. The van der Waals surface area contributed by atoms with E-state index in [1.807, 2.05) is 37.2 Å². The van der Waals surface area contributed by atoms with E-state index >= 15 is 0 Å². The number of phenols is 2. The first-order valence-electron chi connectivity index (χ1n) is 27.5. The maximum absolute atomic E-state index is 13.7. The smallest absolute Gasteiger partial charge is 0.307 e. The molecule has 73 heavy (non-hydrogen) atoms. The highest BCUT2D eigenvalue weighted by Crippen LogP contribution is 2.68. The van der Waals surface area contributed by atoms with Gasteiger partial charge in [0.05, 0.1) is 59.0 Å². The van der Waals surface area contributed by atoms with E-state index in [2.05, 4.69) is 21.2 Å². The number of rotatable bonds is 10. The van der Waals surface area contributed by atoms with Gasteiger partial charge in [-0.2, -0.15) is 0 Å². The van der Waals surface area contributed by atoms with Crippen molar-refractivity contribution in [1.29, 1.82) is 0 Å². The third kappa shape index (κ3) is 6.72. The number of furan rings is 2. The van der Waals surface area contributed by atoms with Crippen molar-refractivity contribution in [2.75, 3.05) is 40.3 Å². The standard InChI is InChI=1S/C29H34N2O5.C21H28N2O3.C8H8O3/c1-30(27(33)20-13-19(20)18-7-11-35-15-18)21-6-8-29(34)23-12-17-4-5-22(32)25-24(17)28(29,26(21)36-25)9-10-31(23)14-16-2-3-16;1-22-14-6-7-21(25)16-10-13-4-5-15(24)18-17(13)20(21,19(14)26-18)8-9-23(16)11-12-2-3-12;9-8(10)7-3-6(7)5-1-2-11-4-5/h4-5,7,11,15-16,19-21,23,26,32,34H,2-3,6,8-10,12-14H2,1H3;4-5,12,14,16,19,22,24-25H,2-3,6-11H2,1H3;1-2,4,6-7H,3H2,(H,9,10)/t19?,20?,21-,23-,26+,28+,29-;14-,16-,19+,20+,21-;/m11./s1. The summed E-state index contributed by atoms with van der Waals surface area (Å²) in [4.78, 5) is 31.1. The summed E-state index contributed by atoms with van der Waals surface area (Å²) in [5, 5.41) is 58.2. The lowest BCUT2D eigenvalue weighted by Crippen LogP contribution is -2.78. The topological polar surface area (TPSA) is 202 Å². The number of hydrogen-bond acceptors (Lipinski definition) is 13. The van der Waals surface area contributed by atoms with Crippen molar-refractivity contribution in [3.63, 3.8) is 0 Å². The van der Waals surface area contributed by atoms with Gasteiger partial charge in [0.25, 0.3) is 0 Å². The molecule has 12 aliphatic rings. The zero-order valence-corrected chi connectivity index (χ0v) is 42.0. The number of carbonyl (C=O) groups excluding carboxylic acids is 1. The largest absolute Gasteiger partial charge is 0.504 e. The van der Waals surface area contributed by atoms with E-state index in [9.17, 15) is 30.0 Å². The minimum atomic E-state index is -0.920. The second-order valence-corrected chi connectivity index (χ2v) is 24.4. The quantitative estimate of drug-likeness (QED) is 0.105. The van der Waals surface area contributed by atoms with E-state index in [4.69, 9.17) is 23.4 Å². The lowest BCUT2D eigenvalue weighted by molar-refractivity contribution is -0.200. The Kier molecular flexibility index (Phi) is 10.5. The minimum absolute atomic E-state index is 0.0295. The minimum Gasteiger partial charge on any atom is -0.504 e. The summed E-state index contributed by atoms with van der Waals surface area (Å²) in [5.41, 5.74) is 4.05. The number of ether oxygens (including phenoxy) is 2. The van der Waals surface area contributed by atoms with Crippen LogP contribution in [-0.2, 0) is 33.3 Å². The molecule has 1 amide bonds. The lowest BCUT2D eigenvalue weighted by Gasteiger charge is -2.64. The Morgan fingerprint density at radius 2 is 1.19 bits per heavy atom. The Morgan fingerprint density at radius 1 is 0.685 bits per heavy atom. The van der Waals surface area contributed by atoms with Gasteiger partial charge in [0.1, 0.15) is 12.2 Å². The molecular formula is C58H70N4O11. The number of carboxylic acids is 1. The fourth-order valence-electron chi connectivity index (χ4n) is 16.7. The molecule has 15 nitrogen and oxygen atoms in total. The number of carboxylic acid groups (broad SMARTS) is 1. The third-order valence-electron chi connectivity index (χ3n) is 20.9. The van der Waals surface area contributed by atoms with Crippen LogP contribution >= 0.6 is 0 Å². The molecule has 4 unspecified atom stereocenters. The molecule has 6 saturated carbocycles. The summed E-state index contributed by atoms with van der Waals surface area (Å²) in [6.07, 6.45) is 19.5. The van der Waals surface area contributed by atoms with Crippen LogP contribution < -0.4 is 14.8 Å². The molecule has 2 aromatic heterocycles. The number of hydrogen-bond donors (Lipinski definition) is 6. The van der Waals surface area contributed by atoms with Gasteiger partial charge in [-0.1, -0.05) is 12.1 Å². The van der Waals surface area contributed by atoms with Crippen molar-refractivity contribution in [2.24, 2.45) is 23.7 Å². The van der Waals surface area contributed by atoms with E-state index in [1.54, 1.807) is 37.2 Å². The fourth-order valence-corrected chi connectivity index (χ4v) is 16.7. The van der Waals surface area contributed by atoms with Crippen molar-refractivity contribution in [3.05, 3.63) is 94.8 Å². The average Bonchev–Trinajstić information content (AvgIpc) is 4.35. The van der Waals surface area contributed by atoms with Gasteiger partial charge in [-0.15, -0.1) is 0 Å². The van der Waals surface area contributed by atoms with Crippen LogP contribution in [0.25, 0.3) is 0 Å². The summed E-state index contributed by atoms with van der Waals surface area (Å²) in [6.45, 7) is 4.14. The number of aliphatic carboxylic acids is 1. The summed E-state index contributed by atoms with van der Waals surface area (Å²) in [7, 11) is 3.90. The number of phenolic OH excluding ortho intramolecular Hbond substituents is 2. The van der Waals surface area contributed by atoms with Crippen LogP contribution in [0.15, 0.2) is 70.3 Å². The Labute approximate surface area is 425 Å². The molecule has 2 spiro atoms. The molecule has 15 heteroatoms. The molecule has 4 bridgehead atoms. The molecular weight excluding hydrogens is 929 g/mol. The number of likely N-dealkylation sites (N-methyl/N-ethyl adjacent to an activating group) is 2. The number of likely N-dealkylation sites (tertiary alicyclic amines) is 2. The maximum Gasteiger partial charge on any atom is 0.307 e. The monoisotopic (exact) mass is 999 g/mol. The van der Waals surface area contributed by atoms with Crippen LogP contribution in [0.2, 0.25) is 0 Å². The predicted octanol–water partition coefficient (Wildman–Crippen LogP) is 6.19. The van der Waals surface area contributed by atoms with Crippen molar-refractivity contribution >= 4 is 11.9 Å². The van der Waals surface area contributed by atoms with Crippen molar-refractivity contribution in [1.82, 2.24) is 20.0 Å². The average molecular weight is 999 g/mol. The zero-order valence-electron chi connectivity index (χ0n) is 42.0. The molecule has 2 aromatic carbocycles. The van der Waals surface area contributed by atoms with Crippen LogP contribution in [0.4, 0.5) is 0 Å². The lowest BCUT2D eigenvalue weighted by atomic mass is 9.48. The molecule has 8 fully saturated rings. The summed E-state index contributed by atoms with van der Waals surface area (Å²) < 4.78 is 23.2. The normalized spacial score (nSPS) is 39.3. The molecule has 6 N–H and O–H groups in total. The molecule has 2 saturated heterocycles. The van der Waals surface area contributed by atoms with Gasteiger partial charge in [-0.05, 0) is 174 Å². The van der Waals surface area contributed by atoms with Crippen LogP contribution in [-0.4, -0.2) is 140 Å². The van der Waals surface area contributed by atoms with Gasteiger partial charge in [-0.25, -0.2) is 0 Å². The van der Waals surface area contributed by atoms with E-state index in [-0.39, 0.29) is 82.9 Å². The predicted molar refractivity (Wildman–Crippen MR) is 266 cm³/mol. The number of nitrogens with zero attached hydrogens (tertiary/aromatic N) is 3. The first-order valence-corrected chi connectivity index (χ1v) is 27.5. The highest BCUT2D eigenvalue weighted by molar-refractivity contribution is 5.83. The number of amides is 1. The second kappa shape index (κ2) is 16.5. The van der Waals surface area contributed by atoms with E-state index in [0.29, 0.717) is 24.3 Å². The van der Waals surface area contributed by atoms with E-state index in [0.717, 1.165) is 112 Å². The van der Waals surface area contributed by atoms with Crippen molar-refractivity contribution < 1.29 is 53.4 Å². The van der Waals surface area contributed by atoms with Gasteiger partial charge in [-0.3, -0.25) is 19.4 Å². The highest BCUT2D eigenvalue weighted by atomic mass is 16.5. The van der Waals surface area contributed by atoms with E-state index < -0.39 is 22.6 Å². The molecule has 8 aliphatic carbocycles. The van der Waals surface area contributed by atoms with Gasteiger partial charge in [0, 0.05) is 61.2 Å². The van der Waals surface area contributed by atoms with Gasteiger partial charge in [0.15, 0.2) is 23.0 Å². The van der Waals surface area contributed by atoms with Gasteiger partial charge >= 0.3 is 5.97 Å². The Hall–Kier alpha value is -5.06. The molecule has 6 heterocycles. The number of benzene rings is 2. The number of aliphatic hydroxyl groups is 2. The number of nitrogens with one attached hydrogen (secondary N) is 1. The highest BCUT2D eigenvalue weighted by Gasteiger charge is 2.75. The Bertz CT molecular complexity index is 2830. The van der Waals surface area contributed by atoms with Crippen LogP contribution in [0, 0.1) is 23.7 Å². The summed E-state index contributed by atoms with van der Waals surface area (Å²) in [5.74, 6) is 2.81. The van der Waals surface area contributed by atoms with Crippen molar-refractivity contribution in [3.8, 4) is 23.0 Å². The number of aromatic hydroxyl groups is 2. The molecule has 16 rings (SSSR count). The summed E-state index contributed by atoms with van der Waals surface area (Å²) >= 11 is 0. The molecule has 0 radical (unpaired) electrons.